The molecule has 0 saturated carbocycles. The average molecular weight is 402 g/mol. The lowest BCUT2D eigenvalue weighted by atomic mass is 10.1. The van der Waals surface area contributed by atoms with Crippen LogP contribution in [0.1, 0.15) is 15.9 Å². The van der Waals surface area contributed by atoms with Gasteiger partial charge in [0.2, 0.25) is 10.0 Å². The van der Waals surface area contributed by atoms with Crippen molar-refractivity contribution in [3.05, 3.63) is 65.7 Å². The number of rotatable bonds is 5. The van der Waals surface area contributed by atoms with Crippen LogP contribution in [-0.2, 0) is 19.6 Å². The number of carbonyl (C=O) groups is 2. The number of sulfonamides is 1. The Kier molecular flexibility index (Phi) is 6.11. The number of carbonyl (C=O) groups excluding carboxylic acids is 2. The number of hydrogen-bond acceptors (Lipinski definition) is 5. The highest BCUT2D eigenvalue weighted by Crippen LogP contribution is 2.17. The predicted octanol–water partition coefficient (Wildman–Crippen LogP) is 1.68. The van der Waals surface area contributed by atoms with Crippen LogP contribution in [-0.4, -0.2) is 62.3 Å². The zero-order valence-electron chi connectivity index (χ0n) is 15.6. The summed E-state index contributed by atoms with van der Waals surface area (Å²) in [4.78, 5) is 26.2. The summed E-state index contributed by atoms with van der Waals surface area (Å²) in [6.45, 7) is 2.35. The Bertz CT molecular complexity index is 952. The van der Waals surface area contributed by atoms with Crippen molar-refractivity contribution in [1.82, 2.24) is 9.21 Å². The van der Waals surface area contributed by atoms with Crippen molar-refractivity contribution < 1.29 is 22.7 Å². The molecular weight excluding hydrogens is 380 g/mol. The normalized spacial score (nSPS) is 15.2. The van der Waals surface area contributed by atoms with Crippen LogP contribution in [0.3, 0.4) is 0 Å². The van der Waals surface area contributed by atoms with Gasteiger partial charge in [-0.05, 0) is 30.7 Å². The number of amides is 1. The Morgan fingerprint density at radius 1 is 0.929 bits per heavy atom. The van der Waals surface area contributed by atoms with Gasteiger partial charge in [0.05, 0.1) is 10.5 Å². The molecule has 1 fully saturated rings. The molecule has 2 aromatic rings. The Hall–Kier alpha value is -2.71. The van der Waals surface area contributed by atoms with Gasteiger partial charge in [0.1, 0.15) is 0 Å². The van der Waals surface area contributed by atoms with Crippen LogP contribution in [0.5, 0.6) is 0 Å². The van der Waals surface area contributed by atoms with Crippen molar-refractivity contribution in [2.24, 2.45) is 0 Å². The van der Waals surface area contributed by atoms with E-state index in [1.54, 1.807) is 55.5 Å². The summed E-state index contributed by atoms with van der Waals surface area (Å²) < 4.78 is 31.7. The molecule has 0 bridgehead atoms. The van der Waals surface area contributed by atoms with E-state index in [1.165, 1.54) is 9.21 Å². The molecule has 1 aliphatic rings. The minimum Gasteiger partial charge on any atom is -0.452 e. The lowest BCUT2D eigenvalue weighted by Crippen LogP contribution is -2.51. The zero-order valence-corrected chi connectivity index (χ0v) is 16.4. The van der Waals surface area contributed by atoms with Crippen LogP contribution in [0.4, 0.5) is 0 Å². The van der Waals surface area contributed by atoms with Crippen LogP contribution in [0.15, 0.2) is 59.5 Å². The van der Waals surface area contributed by atoms with E-state index < -0.39 is 16.0 Å². The molecule has 2 aromatic carbocycles. The number of hydrogen-bond donors (Lipinski definition) is 0. The summed E-state index contributed by atoms with van der Waals surface area (Å²) in [5, 5.41) is 0. The summed E-state index contributed by atoms with van der Waals surface area (Å²) in [6.07, 6.45) is 0. The van der Waals surface area contributed by atoms with Gasteiger partial charge in [-0.3, -0.25) is 4.79 Å². The van der Waals surface area contributed by atoms with Crippen molar-refractivity contribution in [1.29, 1.82) is 0 Å². The molecule has 0 aliphatic carbocycles. The van der Waals surface area contributed by atoms with Gasteiger partial charge in [-0.25, -0.2) is 13.2 Å². The average Bonchev–Trinajstić information content (AvgIpc) is 2.73. The van der Waals surface area contributed by atoms with Crippen LogP contribution in [0.2, 0.25) is 0 Å². The molecule has 0 atom stereocenters. The third kappa shape index (κ3) is 4.40. The second kappa shape index (κ2) is 8.53. The maximum atomic E-state index is 12.6. The summed E-state index contributed by atoms with van der Waals surface area (Å²) in [6, 6.07) is 15.2. The van der Waals surface area contributed by atoms with Gasteiger partial charge in [0.25, 0.3) is 5.91 Å². The summed E-state index contributed by atoms with van der Waals surface area (Å²) in [7, 11) is -3.57. The molecule has 0 N–H and O–H groups in total. The van der Waals surface area contributed by atoms with Crippen molar-refractivity contribution >= 4 is 21.9 Å². The third-order valence-corrected chi connectivity index (χ3v) is 6.58. The number of piperazine rings is 1. The Morgan fingerprint density at radius 2 is 1.54 bits per heavy atom. The first-order chi connectivity index (χ1) is 13.4. The maximum Gasteiger partial charge on any atom is 0.338 e. The first-order valence-corrected chi connectivity index (χ1v) is 10.4. The number of ether oxygens (including phenoxy) is 1. The van der Waals surface area contributed by atoms with E-state index in [1.807, 2.05) is 6.07 Å². The Balaban J connectivity index is 1.53. The van der Waals surface area contributed by atoms with E-state index in [0.717, 1.165) is 5.56 Å². The molecule has 0 aromatic heterocycles. The summed E-state index contributed by atoms with van der Waals surface area (Å²) in [5.74, 6) is -0.879. The Morgan fingerprint density at radius 3 is 2.18 bits per heavy atom. The second-order valence-electron chi connectivity index (χ2n) is 6.49. The smallest absolute Gasteiger partial charge is 0.338 e. The molecule has 1 aliphatic heterocycles. The molecule has 28 heavy (non-hydrogen) atoms. The van der Waals surface area contributed by atoms with Gasteiger partial charge >= 0.3 is 5.97 Å². The third-order valence-electron chi connectivity index (χ3n) is 4.66. The van der Waals surface area contributed by atoms with Gasteiger partial charge in [0, 0.05) is 26.2 Å². The minimum atomic E-state index is -3.57. The van der Waals surface area contributed by atoms with E-state index in [4.69, 9.17) is 4.74 Å². The Labute approximate surface area is 164 Å². The second-order valence-corrected chi connectivity index (χ2v) is 8.43. The van der Waals surface area contributed by atoms with E-state index in [0.29, 0.717) is 5.56 Å². The molecule has 0 unspecified atom stereocenters. The molecule has 8 heteroatoms. The molecule has 148 valence electrons. The number of benzene rings is 2. The van der Waals surface area contributed by atoms with Crippen LogP contribution < -0.4 is 0 Å². The van der Waals surface area contributed by atoms with E-state index in [-0.39, 0.29) is 43.6 Å². The summed E-state index contributed by atoms with van der Waals surface area (Å²) in [5.41, 5.74) is 1.20. The van der Waals surface area contributed by atoms with E-state index in [2.05, 4.69) is 0 Å². The minimum absolute atomic E-state index is 0.203. The predicted molar refractivity (Wildman–Crippen MR) is 103 cm³/mol. The molecule has 1 saturated heterocycles. The molecule has 1 amide bonds. The number of esters is 1. The first-order valence-electron chi connectivity index (χ1n) is 8.95. The molecule has 7 nitrogen and oxygen atoms in total. The fourth-order valence-electron chi connectivity index (χ4n) is 3.02. The largest absolute Gasteiger partial charge is 0.452 e. The molecule has 0 spiro atoms. The van der Waals surface area contributed by atoms with Gasteiger partial charge in [-0.1, -0.05) is 36.4 Å². The fourth-order valence-corrected chi connectivity index (χ4v) is 4.46. The van der Waals surface area contributed by atoms with Crippen LogP contribution in [0, 0.1) is 6.92 Å². The lowest BCUT2D eigenvalue weighted by Gasteiger charge is -2.33. The van der Waals surface area contributed by atoms with Gasteiger partial charge in [-0.2, -0.15) is 4.31 Å². The lowest BCUT2D eigenvalue weighted by molar-refractivity contribution is -0.135. The van der Waals surface area contributed by atoms with Crippen molar-refractivity contribution in [2.75, 3.05) is 32.8 Å². The van der Waals surface area contributed by atoms with Gasteiger partial charge in [0.15, 0.2) is 6.61 Å². The molecular formula is C20H22N2O5S. The summed E-state index contributed by atoms with van der Waals surface area (Å²) >= 11 is 0. The molecule has 1 heterocycles. The highest BCUT2D eigenvalue weighted by Gasteiger charge is 2.30. The van der Waals surface area contributed by atoms with E-state index in [9.17, 15) is 18.0 Å². The van der Waals surface area contributed by atoms with Crippen molar-refractivity contribution in [3.8, 4) is 0 Å². The van der Waals surface area contributed by atoms with Crippen LogP contribution in [0.25, 0.3) is 0 Å². The first kappa shape index (κ1) is 20.0. The molecule has 0 radical (unpaired) electrons. The van der Waals surface area contributed by atoms with Crippen molar-refractivity contribution in [2.45, 2.75) is 11.8 Å². The monoisotopic (exact) mass is 402 g/mol. The highest BCUT2D eigenvalue weighted by molar-refractivity contribution is 7.89. The van der Waals surface area contributed by atoms with Crippen molar-refractivity contribution in [3.63, 3.8) is 0 Å². The maximum absolute atomic E-state index is 12.6. The highest BCUT2D eigenvalue weighted by atomic mass is 32.2. The topological polar surface area (TPSA) is 84.0 Å². The van der Waals surface area contributed by atoms with Gasteiger partial charge in [-0.15, -0.1) is 0 Å². The number of nitrogens with zero attached hydrogens (tertiary/aromatic N) is 2. The zero-order chi connectivity index (χ0) is 20.1. The van der Waals surface area contributed by atoms with E-state index >= 15 is 0 Å². The SMILES string of the molecule is Cc1ccccc1C(=O)OCC(=O)N1CCN(S(=O)(=O)c2ccccc2)CC1. The quantitative estimate of drug-likeness (QED) is 0.711. The van der Waals surface area contributed by atoms with Crippen LogP contribution >= 0.6 is 0 Å². The fraction of sp³-hybridized carbons (Fsp3) is 0.300. The molecule has 3 rings (SSSR count). The standard InChI is InChI=1S/C20H22N2O5S/c1-16-7-5-6-10-18(16)20(24)27-15-19(23)21-11-13-22(14-12-21)28(25,26)17-8-3-2-4-9-17/h2-10H,11-15H2,1H3. The number of aryl methyl sites for hydroxylation is 1. The van der Waals surface area contributed by atoms with Gasteiger partial charge < -0.3 is 9.64 Å².